The average molecular weight is 842 g/mol. The zero-order chi connectivity index (χ0) is 42.2. The van der Waals surface area contributed by atoms with Crippen molar-refractivity contribution < 1.29 is 27.9 Å². The van der Waals surface area contributed by atoms with Crippen LogP contribution in [0.1, 0.15) is 111 Å². The number of hydrogen-bond donors (Lipinski definition) is 3. The van der Waals surface area contributed by atoms with Gasteiger partial charge in [-0.1, -0.05) is 12.1 Å². The highest BCUT2D eigenvalue weighted by atomic mass is 19.3. The van der Waals surface area contributed by atoms with E-state index >= 15 is 0 Å². The second-order valence-electron chi connectivity index (χ2n) is 17.2. The summed E-state index contributed by atoms with van der Waals surface area (Å²) >= 11 is 0. The topological polar surface area (TPSA) is 175 Å². The van der Waals surface area contributed by atoms with Crippen LogP contribution in [-0.4, -0.2) is 95.0 Å². The molecule has 324 valence electrons. The molecule has 61 heavy (non-hydrogen) atoms. The fourth-order valence-electron chi connectivity index (χ4n) is 9.42. The van der Waals surface area contributed by atoms with Crippen LogP contribution < -0.4 is 21.6 Å². The molecule has 1 aromatic carbocycles. The van der Waals surface area contributed by atoms with Gasteiger partial charge in [0.1, 0.15) is 17.4 Å². The highest BCUT2D eigenvalue weighted by Gasteiger charge is 2.33. The largest absolute Gasteiger partial charge is 0.378 e. The van der Waals surface area contributed by atoms with Gasteiger partial charge < -0.3 is 20.3 Å². The van der Waals surface area contributed by atoms with E-state index in [9.17, 15) is 28.0 Å². The second kappa shape index (κ2) is 17.5. The van der Waals surface area contributed by atoms with Gasteiger partial charge in [0.15, 0.2) is 11.3 Å². The third kappa shape index (κ3) is 8.82. The Labute approximate surface area is 351 Å². The molecule has 3 N–H and O–H groups in total. The number of piperidine rings is 2. The molecule has 1 unspecified atom stereocenters. The Morgan fingerprint density at radius 2 is 1.79 bits per heavy atom. The van der Waals surface area contributed by atoms with E-state index in [1.54, 1.807) is 34.8 Å². The molecule has 16 nitrogen and oxygen atoms in total. The minimum atomic E-state index is -2.85. The number of halogens is 2. The van der Waals surface area contributed by atoms with Crippen molar-refractivity contribution in [2.24, 2.45) is 18.9 Å². The molecule has 2 saturated heterocycles. The molecule has 18 heteroatoms. The number of aryl methyl sites for hydroxylation is 2. The lowest BCUT2D eigenvalue weighted by Crippen LogP contribution is -2.44. The first-order chi connectivity index (χ1) is 29.6. The number of carbonyl (C=O) groups excluding carboxylic acids is 3. The fraction of sp³-hybridized carbons (Fsp3) is 0.558. The van der Waals surface area contributed by atoms with Crippen LogP contribution in [-0.2, 0) is 27.8 Å². The smallest absolute Gasteiger partial charge is 0.329 e. The quantitative estimate of drug-likeness (QED) is 0.0914. The lowest BCUT2D eigenvalue weighted by atomic mass is 9.85. The van der Waals surface area contributed by atoms with Crippen LogP contribution in [0, 0.1) is 11.8 Å². The summed E-state index contributed by atoms with van der Waals surface area (Å²) in [5.74, 6) is 0.472. The Morgan fingerprint density at radius 3 is 2.54 bits per heavy atom. The fourth-order valence-corrected chi connectivity index (χ4v) is 9.42. The third-order valence-corrected chi connectivity index (χ3v) is 13.0. The molecule has 9 rings (SSSR count). The van der Waals surface area contributed by atoms with Crippen molar-refractivity contribution in [2.45, 2.75) is 102 Å². The Kier molecular flexibility index (Phi) is 11.7. The molecule has 2 aliphatic carbocycles. The number of carbonyl (C=O) groups is 3. The van der Waals surface area contributed by atoms with Crippen LogP contribution >= 0.6 is 0 Å². The van der Waals surface area contributed by atoms with Crippen molar-refractivity contribution >= 4 is 45.9 Å². The predicted octanol–water partition coefficient (Wildman–Crippen LogP) is 5.41. The third-order valence-electron chi connectivity index (χ3n) is 13.0. The lowest BCUT2D eigenvalue weighted by molar-refractivity contribution is -0.135. The second-order valence-corrected chi connectivity index (χ2v) is 17.2. The lowest BCUT2D eigenvalue weighted by Gasteiger charge is -2.36. The number of ether oxygens (including phenoxy) is 1. The van der Waals surface area contributed by atoms with Crippen LogP contribution in [0.2, 0.25) is 0 Å². The summed E-state index contributed by atoms with van der Waals surface area (Å²) in [6.07, 6.45) is 11.9. The molecule has 0 bridgehead atoms. The van der Waals surface area contributed by atoms with Gasteiger partial charge in [-0.05, 0) is 100 Å². The number of imidazole rings is 1. The van der Waals surface area contributed by atoms with Gasteiger partial charge in [-0.2, -0.15) is 10.2 Å². The number of anilines is 2. The number of hydrogen-bond acceptors (Lipinski definition) is 10. The number of benzene rings is 1. The Balaban J connectivity index is 0.723. The molecule has 4 aromatic heterocycles. The van der Waals surface area contributed by atoms with Crippen LogP contribution in [0.25, 0.3) is 16.7 Å². The summed E-state index contributed by atoms with van der Waals surface area (Å²) in [5, 5.41) is 16.8. The van der Waals surface area contributed by atoms with Crippen molar-refractivity contribution in [1.29, 1.82) is 0 Å². The maximum Gasteiger partial charge on any atom is 0.329 e. The minimum Gasteiger partial charge on any atom is -0.378 e. The Bertz CT molecular complexity index is 2470. The Hall–Kier alpha value is -5.49. The SMILES string of the molecule is Cn1c(=O)n(C2CCC(=O)NC2=O)c2cccc(CCCOC3CCN(C[C@H]4CC[C@H](n5cc(NC(=O)c6cnn7ccc(NCC8CC8)nc67)c(C(F)F)n5)CC4)CC3)c21. The monoisotopic (exact) mass is 841 g/mol. The molecule has 2 aliphatic heterocycles. The van der Waals surface area contributed by atoms with Gasteiger partial charge >= 0.3 is 5.69 Å². The first-order valence-electron chi connectivity index (χ1n) is 21.7. The normalized spacial score (nSPS) is 21.7. The van der Waals surface area contributed by atoms with Crippen molar-refractivity contribution in [3.8, 4) is 0 Å². The molecule has 5 aromatic rings. The predicted molar refractivity (Wildman–Crippen MR) is 223 cm³/mol. The van der Waals surface area contributed by atoms with Gasteiger partial charge in [-0.15, -0.1) is 0 Å². The summed E-state index contributed by atoms with van der Waals surface area (Å²) in [6, 6.07) is 6.84. The molecule has 1 atom stereocenters. The zero-order valence-corrected chi connectivity index (χ0v) is 34.4. The van der Waals surface area contributed by atoms with E-state index in [1.165, 1.54) is 28.1 Å². The number of para-hydroxylation sites is 1. The molecule has 6 heterocycles. The first-order valence-corrected chi connectivity index (χ1v) is 21.7. The van der Waals surface area contributed by atoms with E-state index in [2.05, 4.69) is 36.0 Å². The highest BCUT2D eigenvalue weighted by Crippen LogP contribution is 2.36. The van der Waals surface area contributed by atoms with E-state index in [0.717, 1.165) is 88.6 Å². The van der Waals surface area contributed by atoms with E-state index in [-0.39, 0.29) is 41.4 Å². The number of fused-ring (bicyclic) bond motifs is 2. The summed E-state index contributed by atoms with van der Waals surface area (Å²) in [6.45, 7) is 4.33. The summed E-state index contributed by atoms with van der Waals surface area (Å²) in [7, 11) is 1.72. The highest BCUT2D eigenvalue weighted by molar-refractivity contribution is 6.08. The average Bonchev–Trinajstić information content (AvgIpc) is 3.74. The maximum absolute atomic E-state index is 14.2. The Morgan fingerprint density at radius 1 is 1.00 bits per heavy atom. The number of imide groups is 1. The van der Waals surface area contributed by atoms with Gasteiger partial charge in [-0.25, -0.2) is 23.1 Å². The number of alkyl halides is 2. The van der Waals surface area contributed by atoms with Crippen LogP contribution in [0.3, 0.4) is 0 Å². The minimum absolute atomic E-state index is 0.000569. The van der Waals surface area contributed by atoms with E-state index in [1.807, 2.05) is 18.2 Å². The maximum atomic E-state index is 14.2. The number of nitrogens with zero attached hydrogens (tertiary/aromatic N) is 8. The molecular formula is C43H53F2N11O5. The molecule has 4 fully saturated rings. The molecule has 3 amide bonds. The molecule has 2 saturated carbocycles. The zero-order valence-electron chi connectivity index (χ0n) is 34.4. The van der Waals surface area contributed by atoms with Gasteiger partial charge in [-0.3, -0.25) is 33.5 Å². The number of likely N-dealkylation sites (tertiary alicyclic amines) is 1. The molecule has 4 aliphatic rings. The number of rotatable bonds is 15. The first kappa shape index (κ1) is 40.9. The van der Waals surface area contributed by atoms with Gasteiger partial charge in [0.25, 0.3) is 12.3 Å². The van der Waals surface area contributed by atoms with E-state index in [0.29, 0.717) is 41.8 Å². The van der Waals surface area contributed by atoms with Gasteiger partial charge in [0.2, 0.25) is 11.8 Å². The number of nitrogens with one attached hydrogen (secondary N) is 3. The molecular weight excluding hydrogens is 789 g/mol. The summed E-state index contributed by atoms with van der Waals surface area (Å²) < 4.78 is 41.0. The van der Waals surface area contributed by atoms with Crippen molar-refractivity contribution in [2.75, 3.05) is 43.4 Å². The summed E-state index contributed by atoms with van der Waals surface area (Å²) in [5.41, 5.74) is 2.35. The molecule has 0 spiro atoms. The van der Waals surface area contributed by atoms with Gasteiger partial charge in [0.05, 0.1) is 35.1 Å². The van der Waals surface area contributed by atoms with Crippen LogP contribution in [0.5, 0.6) is 0 Å². The van der Waals surface area contributed by atoms with Crippen molar-refractivity contribution in [3.63, 3.8) is 0 Å². The van der Waals surface area contributed by atoms with E-state index in [4.69, 9.17) is 4.74 Å². The van der Waals surface area contributed by atoms with Crippen LogP contribution in [0.15, 0.2) is 47.7 Å². The van der Waals surface area contributed by atoms with Crippen LogP contribution in [0.4, 0.5) is 20.3 Å². The van der Waals surface area contributed by atoms with Crippen molar-refractivity contribution in [1.82, 2.24) is 43.7 Å². The van der Waals surface area contributed by atoms with Gasteiger partial charge in [0, 0.05) is 58.6 Å². The summed E-state index contributed by atoms with van der Waals surface area (Å²) in [4.78, 5) is 58.1. The van der Waals surface area contributed by atoms with E-state index < -0.39 is 30.0 Å². The van der Waals surface area contributed by atoms with Crippen molar-refractivity contribution in [3.05, 3.63) is 70.2 Å². The number of aromatic nitrogens is 7. The molecule has 0 radical (unpaired) electrons. The number of amides is 3. The standard InChI is InChI=1S/C43H53F2N11O5/c1-52-38-28(4-2-6-33(38)56(43(52)60)34-13-14-36(57)50-42(34)59)5-3-21-61-30-15-18-53(19-16-30)24-27-9-11-29(12-10-27)55-25-32(37(51-55)39(44)45)48-41(58)31-23-47-54-20-17-35(49-40(31)54)46-22-26-7-8-26/h2,4,6,17,20,23,25-27,29-30,34,39H,3,5,7-16,18-19,21-22,24H2,1H3,(H,46,49)(H,48,58)(H,50,57,59)/t27-,29-,34?.